The molecule has 0 radical (unpaired) electrons. The van der Waals surface area contributed by atoms with Crippen molar-refractivity contribution in [3.8, 4) is 10.6 Å². The summed E-state index contributed by atoms with van der Waals surface area (Å²) in [5.74, 6) is -4.34. The van der Waals surface area contributed by atoms with Crippen molar-refractivity contribution in [1.82, 2.24) is 29.4 Å². The van der Waals surface area contributed by atoms with Gasteiger partial charge >= 0.3 is 0 Å². The number of nitrogens with one attached hydrogen (secondary N) is 1. The summed E-state index contributed by atoms with van der Waals surface area (Å²) >= 11 is 1.26. The molecule has 16 heteroatoms. The Hall–Kier alpha value is -4.05. The van der Waals surface area contributed by atoms with Gasteiger partial charge in [0.05, 0.1) is 24.7 Å². The number of ketones is 1. The minimum Gasteiger partial charge on any atom is -0.356 e. The molecule has 1 aliphatic carbocycles. The normalized spacial score (nSPS) is 23.6. The van der Waals surface area contributed by atoms with Crippen molar-refractivity contribution in [2.75, 3.05) is 41.8 Å². The largest absolute Gasteiger partial charge is 0.356 e. The first-order valence-electron chi connectivity index (χ1n) is 12.5. The molecule has 2 aliphatic heterocycles. The Morgan fingerprint density at radius 1 is 1.23 bits per heavy atom. The second-order valence-electron chi connectivity index (χ2n) is 10.2. The minimum absolute atomic E-state index is 0.0759. The Morgan fingerprint density at radius 3 is 2.55 bits per heavy atom. The fourth-order valence-electron chi connectivity index (χ4n) is 5.15. The van der Waals surface area contributed by atoms with Gasteiger partial charge in [-0.15, -0.1) is 11.3 Å². The number of imidazole rings is 1. The van der Waals surface area contributed by atoms with Crippen LogP contribution < -0.4 is 15.1 Å². The molecule has 1 saturated carbocycles. The Kier molecular flexibility index (Phi) is 6.06. The number of Topliss-reactive ketones (excluding diaryl/α,β-unsaturated/α-hetero) is 1. The number of fused-ring (bicyclic) bond motifs is 2. The number of hydrogen-bond donors (Lipinski definition) is 2. The van der Waals surface area contributed by atoms with Gasteiger partial charge in [-0.3, -0.25) is 19.3 Å². The Labute approximate surface area is 230 Å². The van der Waals surface area contributed by atoms with Gasteiger partial charge in [-0.05, 0) is 13.8 Å². The highest BCUT2D eigenvalue weighted by atomic mass is 32.1. The zero-order chi connectivity index (χ0) is 28.5. The van der Waals surface area contributed by atoms with Crippen LogP contribution in [0.3, 0.4) is 0 Å². The summed E-state index contributed by atoms with van der Waals surface area (Å²) < 4.78 is 28.3. The molecule has 2 fully saturated rings. The number of amides is 2. The lowest BCUT2D eigenvalue weighted by Gasteiger charge is -2.38. The van der Waals surface area contributed by atoms with Crippen LogP contribution in [0.15, 0.2) is 24.1 Å². The number of alkyl halides is 2. The summed E-state index contributed by atoms with van der Waals surface area (Å²) in [5, 5.41) is 15.4. The molecule has 2 N–H and O–H groups in total. The lowest BCUT2D eigenvalue weighted by molar-refractivity contribution is -0.120. The monoisotopic (exact) mass is 573 g/mol. The highest BCUT2D eigenvalue weighted by molar-refractivity contribution is 7.13. The van der Waals surface area contributed by atoms with Gasteiger partial charge in [0.2, 0.25) is 18.2 Å². The number of nitrogens with zero attached hydrogens (tertiary/aromatic N) is 8. The molecule has 3 aliphatic rings. The Balaban J connectivity index is 1.13. The van der Waals surface area contributed by atoms with Gasteiger partial charge in [-0.2, -0.15) is 0 Å². The molecular formula is C24H25F2N9O4S. The van der Waals surface area contributed by atoms with Crippen LogP contribution in [-0.4, -0.2) is 91.1 Å². The van der Waals surface area contributed by atoms with E-state index in [0.29, 0.717) is 16.5 Å². The minimum atomic E-state index is -2.57. The number of carbonyl (C=O) groups excluding carboxylic acids is 3. The molecule has 0 aromatic carbocycles. The van der Waals surface area contributed by atoms with Crippen LogP contribution >= 0.6 is 11.3 Å². The van der Waals surface area contributed by atoms with E-state index in [2.05, 4.69) is 25.3 Å². The van der Waals surface area contributed by atoms with Crippen LogP contribution in [0.4, 0.5) is 26.4 Å². The van der Waals surface area contributed by atoms with Crippen LogP contribution in [0.5, 0.6) is 0 Å². The molecule has 3 unspecified atom stereocenters. The van der Waals surface area contributed by atoms with Gasteiger partial charge in [0, 0.05) is 43.5 Å². The molecule has 0 spiro atoms. The average Bonchev–Trinajstić information content (AvgIpc) is 3.51. The molecule has 13 nitrogen and oxygen atoms in total. The number of carbonyl (C=O) groups is 3. The molecule has 3 aromatic heterocycles. The van der Waals surface area contributed by atoms with Gasteiger partial charge < -0.3 is 24.8 Å². The number of aromatic nitrogens is 5. The van der Waals surface area contributed by atoms with Crippen molar-refractivity contribution in [2.24, 2.45) is 11.8 Å². The van der Waals surface area contributed by atoms with E-state index in [4.69, 9.17) is 0 Å². The molecule has 0 bridgehead atoms. The molecular weight excluding hydrogens is 548 g/mol. The lowest BCUT2D eigenvalue weighted by Crippen LogP contribution is -2.55. The zero-order valence-electron chi connectivity index (χ0n) is 21.7. The predicted molar refractivity (Wildman–Crippen MR) is 139 cm³/mol. The van der Waals surface area contributed by atoms with Gasteiger partial charge in [0.1, 0.15) is 22.7 Å². The van der Waals surface area contributed by atoms with Crippen LogP contribution in [0.2, 0.25) is 0 Å². The molecule has 2 amide bonds. The number of thiazole rings is 1. The Bertz CT molecular complexity index is 1500. The molecule has 1 saturated heterocycles. The summed E-state index contributed by atoms with van der Waals surface area (Å²) in [5.41, 5.74) is 0.686. The van der Waals surface area contributed by atoms with Crippen molar-refractivity contribution in [3.05, 3.63) is 29.8 Å². The SMILES string of the molecule is CC(=O)CN1C(=O)c2c(ncn2[C@@H](C)C(=O)Nc2csc(-c3cnc(N4CC5C(C4)C5(F)F)nc3)n2)N(C)C1O. The molecule has 210 valence electrons. The third-order valence-corrected chi connectivity index (χ3v) is 8.40. The number of aliphatic hydroxyl groups excluding tert-OH is 1. The number of rotatable bonds is 7. The van der Waals surface area contributed by atoms with Gasteiger partial charge in [-0.1, -0.05) is 0 Å². The van der Waals surface area contributed by atoms with Crippen molar-refractivity contribution < 1.29 is 28.3 Å². The van der Waals surface area contributed by atoms with Crippen LogP contribution in [0.25, 0.3) is 10.6 Å². The molecule has 40 heavy (non-hydrogen) atoms. The fourth-order valence-corrected chi connectivity index (χ4v) is 5.88. The maximum absolute atomic E-state index is 13.5. The summed E-state index contributed by atoms with van der Waals surface area (Å²) in [4.78, 5) is 59.3. The quantitative estimate of drug-likeness (QED) is 0.425. The van der Waals surface area contributed by atoms with Crippen LogP contribution in [-0.2, 0) is 9.59 Å². The van der Waals surface area contributed by atoms with E-state index < -0.39 is 42.0 Å². The Morgan fingerprint density at radius 2 is 1.90 bits per heavy atom. The zero-order valence-corrected chi connectivity index (χ0v) is 22.5. The third-order valence-electron chi connectivity index (χ3n) is 7.51. The summed E-state index contributed by atoms with van der Waals surface area (Å²) in [6.45, 7) is 3.07. The third kappa shape index (κ3) is 4.18. The first-order chi connectivity index (χ1) is 19.0. The second-order valence-corrected chi connectivity index (χ2v) is 11.0. The first-order valence-corrected chi connectivity index (χ1v) is 13.3. The summed E-state index contributed by atoms with van der Waals surface area (Å²) in [6, 6.07) is -0.880. The first kappa shape index (κ1) is 26.2. The van der Waals surface area contributed by atoms with E-state index in [9.17, 15) is 28.3 Å². The van der Waals surface area contributed by atoms with Crippen LogP contribution in [0.1, 0.15) is 30.4 Å². The van der Waals surface area contributed by atoms with Crippen molar-refractivity contribution in [1.29, 1.82) is 0 Å². The summed E-state index contributed by atoms with van der Waals surface area (Å²) in [7, 11) is 1.53. The molecule has 5 heterocycles. The van der Waals surface area contributed by atoms with Crippen molar-refractivity contribution >= 4 is 46.5 Å². The molecule has 6 rings (SSSR count). The van der Waals surface area contributed by atoms with E-state index in [1.54, 1.807) is 29.6 Å². The second kappa shape index (κ2) is 9.26. The topological polar surface area (TPSA) is 150 Å². The number of halogens is 2. The van der Waals surface area contributed by atoms with E-state index in [1.807, 2.05) is 0 Å². The van der Waals surface area contributed by atoms with Gasteiger partial charge in [0.25, 0.3) is 11.8 Å². The fraction of sp³-hybridized carbons (Fsp3) is 0.458. The van der Waals surface area contributed by atoms with E-state index in [0.717, 1.165) is 4.90 Å². The van der Waals surface area contributed by atoms with E-state index in [-0.39, 0.29) is 42.7 Å². The standard InChI is InChI=1S/C24H25F2N9O4S/c1-11(36)6-34-21(38)17-18(32(3)23(34)39)29-10-35(17)12(2)19(37)30-16-9-40-20(31-16)13-4-27-22(28-5-13)33-7-14-15(8-33)24(14,25)26/h4-5,9-10,12,14-15,23,39H,6-8H2,1-3H3,(H,30,37)/t12-,14?,15?,23?/m0/s1. The number of aliphatic hydroxyl groups is 1. The van der Waals surface area contributed by atoms with Crippen molar-refractivity contribution in [2.45, 2.75) is 32.2 Å². The van der Waals surface area contributed by atoms with Gasteiger partial charge in [0.15, 0.2) is 11.5 Å². The highest BCUT2D eigenvalue weighted by Crippen LogP contribution is 2.59. The van der Waals surface area contributed by atoms with E-state index in [1.165, 1.54) is 41.1 Å². The molecule has 4 atom stereocenters. The maximum atomic E-state index is 13.5. The number of anilines is 3. The van der Waals surface area contributed by atoms with E-state index >= 15 is 0 Å². The molecule has 3 aromatic rings. The predicted octanol–water partition coefficient (Wildman–Crippen LogP) is 1.45. The van der Waals surface area contributed by atoms with Crippen molar-refractivity contribution in [3.63, 3.8) is 0 Å². The maximum Gasteiger partial charge on any atom is 0.278 e. The highest BCUT2D eigenvalue weighted by Gasteiger charge is 2.72. The summed E-state index contributed by atoms with van der Waals surface area (Å²) in [6.07, 6.45) is 3.11. The van der Waals surface area contributed by atoms with Gasteiger partial charge in [-0.25, -0.2) is 28.7 Å². The average molecular weight is 574 g/mol. The smallest absolute Gasteiger partial charge is 0.278 e. The lowest BCUT2D eigenvalue weighted by atomic mass is 10.2. The van der Waals surface area contributed by atoms with Crippen LogP contribution in [0, 0.1) is 11.8 Å². The number of piperidine rings is 1. The number of hydrogen-bond acceptors (Lipinski definition) is 11.